The average Bonchev–Trinajstić information content (AvgIpc) is 2.26. The highest BCUT2D eigenvalue weighted by Gasteiger charge is 2.17. The second kappa shape index (κ2) is 5.11. The number of aromatic hydroxyl groups is 1. The van der Waals surface area contributed by atoms with E-state index >= 15 is 0 Å². The summed E-state index contributed by atoms with van der Waals surface area (Å²) in [5.41, 5.74) is -0.0231. The Morgan fingerprint density at radius 2 is 2.25 bits per heavy atom. The molecule has 1 aromatic rings. The van der Waals surface area contributed by atoms with Crippen LogP contribution in [0.25, 0.3) is 0 Å². The van der Waals surface area contributed by atoms with E-state index < -0.39 is 11.7 Å². The van der Waals surface area contributed by atoms with Crippen LogP contribution in [0.15, 0.2) is 23.4 Å². The number of carbonyl (C=O) groups is 1. The molecular weight excluding hydrogens is 215 g/mol. The van der Waals surface area contributed by atoms with Crippen molar-refractivity contribution in [2.24, 2.45) is 5.16 Å². The van der Waals surface area contributed by atoms with E-state index in [-0.39, 0.29) is 17.0 Å². The molecule has 0 aliphatic rings. The number of hydrogen-bond donors (Lipinski definition) is 2. The van der Waals surface area contributed by atoms with Crippen molar-refractivity contribution in [3.63, 3.8) is 0 Å². The summed E-state index contributed by atoms with van der Waals surface area (Å²) in [6.07, 6.45) is 0. The molecule has 1 aromatic carbocycles. The zero-order valence-electron chi connectivity index (χ0n) is 8.82. The maximum absolute atomic E-state index is 12.7. The van der Waals surface area contributed by atoms with E-state index in [4.69, 9.17) is 0 Å². The van der Waals surface area contributed by atoms with Crippen LogP contribution < -0.4 is 5.32 Å². The van der Waals surface area contributed by atoms with Gasteiger partial charge in [-0.25, -0.2) is 4.39 Å². The topological polar surface area (TPSA) is 70.9 Å². The number of phenolic OH excluding ortho intramolecular Hbond substituents is 1. The first-order valence-corrected chi connectivity index (χ1v) is 4.42. The fraction of sp³-hybridized carbons (Fsp3) is 0.200. The molecule has 0 saturated carbocycles. The maximum Gasteiger partial charge on any atom is 0.273 e. The number of nitrogens with zero attached hydrogens (tertiary/aromatic N) is 1. The van der Waals surface area contributed by atoms with Gasteiger partial charge in [-0.3, -0.25) is 4.79 Å². The van der Waals surface area contributed by atoms with E-state index in [0.29, 0.717) is 0 Å². The van der Waals surface area contributed by atoms with Gasteiger partial charge in [-0.1, -0.05) is 5.16 Å². The maximum atomic E-state index is 12.7. The highest BCUT2D eigenvalue weighted by atomic mass is 19.1. The smallest absolute Gasteiger partial charge is 0.273 e. The molecule has 0 heterocycles. The van der Waals surface area contributed by atoms with Gasteiger partial charge < -0.3 is 15.3 Å². The summed E-state index contributed by atoms with van der Waals surface area (Å²) in [7, 11) is 2.68. The van der Waals surface area contributed by atoms with Crippen LogP contribution in [-0.2, 0) is 9.63 Å². The van der Waals surface area contributed by atoms with Crippen LogP contribution in [0.4, 0.5) is 4.39 Å². The van der Waals surface area contributed by atoms with Crippen molar-refractivity contribution in [3.8, 4) is 5.75 Å². The molecule has 0 aliphatic carbocycles. The lowest BCUT2D eigenvalue weighted by atomic mass is 10.1. The van der Waals surface area contributed by atoms with Gasteiger partial charge in [-0.2, -0.15) is 0 Å². The van der Waals surface area contributed by atoms with Gasteiger partial charge in [0.2, 0.25) is 0 Å². The molecule has 1 rings (SSSR count). The average molecular weight is 226 g/mol. The van der Waals surface area contributed by atoms with E-state index in [1.807, 2.05) is 0 Å². The minimum Gasteiger partial charge on any atom is -0.507 e. The SMILES string of the molecule is CNC(=O)/C(=N\OC)c1ccc(F)cc1O. The number of carbonyl (C=O) groups excluding carboxylic acids is 1. The lowest BCUT2D eigenvalue weighted by molar-refractivity contribution is -0.114. The number of halogens is 1. The summed E-state index contributed by atoms with van der Waals surface area (Å²) in [6.45, 7) is 0. The van der Waals surface area contributed by atoms with Gasteiger partial charge in [-0.15, -0.1) is 0 Å². The Labute approximate surface area is 91.5 Å². The lowest BCUT2D eigenvalue weighted by Crippen LogP contribution is -2.28. The number of amides is 1. The summed E-state index contributed by atoms with van der Waals surface area (Å²) in [5.74, 6) is -1.52. The van der Waals surface area contributed by atoms with E-state index in [9.17, 15) is 14.3 Å². The summed E-state index contributed by atoms with van der Waals surface area (Å²) in [4.78, 5) is 15.9. The van der Waals surface area contributed by atoms with Crippen molar-refractivity contribution < 1.29 is 19.1 Å². The molecule has 1 amide bonds. The summed E-state index contributed by atoms with van der Waals surface area (Å²) in [6, 6.07) is 3.25. The van der Waals surface area contributed by atoms with Crippen LogP contribution in [-0.4, -0.2) is 30.9 Å². The van der Waals surface area contributed by atoms with Crippen molar-refractivity contribution in [3.05, 3.63) is 29.6 Å². The van der Waals surface area contributed by atoms with Crippen LogP contribution in [0.2, 0.25) is 0 Å². The Morgan fingerprint density at radius 1 is 1.56 bits per heavy atom. The standard InChI is InChI=1S/C10H11FN2O3/c1-12-10(15)9(13-16-2)7-4-3-6(11)5-8(7)14/h3-5,14H,1-2H3,(H,12,15)/b13-9-. The number of likely N-dealkylation sites (N-methyl/N-ethyl adjacent to an activating group) is 1. The molecule has 2 N–H and O–H groups in total. The Hall–Kier alpha value is -2.11. The van der Waals surface area contributed by atoms with Crippen LogP contribution in [0.3, 0.4) is 0 Å². The third kappa shape index (κ3) is 2.47. The largest absolute Gasteiger partial charge is 0.507 e. The molecule has 0 aromatic heterocycles. The zero-order valence-corrected chi connectivity index (χ0v) is 8.82. The highest BCUT2D eigenvalue weighted by Crippen LogP contribution is 2.19. The minimum absolute atomic E-state index is 0.0996. The van der Waals surface area contributed by atoms with Gasteiger partial charge in [0.1, 0.15) is 18.7 Å². The predicted molar refractivity (Wildman–Crippen MR) is 55.7 cm³/mol. The van der Waals surface area contributed by atoms with Gasteiger partial charge >= 0.3 is 0 Å². The summed E-state index contributed by atoms with van der Waals surface area (Å²) >= 11 is 0. The first-order chi connectivity index (χ1) is 7.60. The van der Waals surface area contributed by atoms with Crippen LogP contribution in [0.5, 0.6) is 5.75 Å². The second-order valence-electron chi connectivity index (χ2n) is 2.86. The third-order valence-electron chi connectivity index (χ3n) is 1.84. The molecule has 5 nitrogen and oxygen atoms in total. The van der Waals surface area contributed by atoms with Crippen molar-refractivity contribution in [2.45, 2.75) is 0 Å². The van der Waals surface area contributed by atoms with Crippen molar-refractivity contribution in [1.82, 2.24) is 5.32 Å². The number of oxime groups is 1. The van der Waals surface area contributed by atoms with Gasteiger partial charge in [0.25, 0.3) is 5.91 Å². The van der Waals surface area contributed by atoms with Crippen LogP contribution in [0, 0.1) is 5.82 Å². The van der Waals surface area contributed by atoms with Crippen molar-refractivity contribution in [2.75, 3.05) is 14.2 Å². The Balaban J connectivity index is 3.22. The number of benzene rings is 1. The molecule has 6 heteroatoms. The fourth-order valence-electron chi connectivity index (χ4n) is 1.13. The molecule has 86 valence electrons. The van der Waals surface area contributed by atoms with Gasteiger partial charge in [0.05, 0.1) is 5.56 Å². The first kappa shape index (κ1) is 12.0. The Bertz CT molecular complexity index is 432. The molecule has 16 heavy (non-hydrogen) atoms. The molecule has 0 spiro atoms. The zero-order chi connectivity index (χ0) is 12.1. The van der Waals surface area contributed by atoms with Crippen molar-refractivity contribution in [1.29, 1.82) is 0 Å². The van der Waals surface area contributed by atoms with Crippen LogP contribution in [0.1, 0.15) is 5.56 Å². The third-order valence-corrected chi connectivity index (χ3v) is 1.84. The molecule has 0 atom stereocenters. The Morgan fingerprint density at radius 3 is 2.75 bits per heavy atom. The molecule has 0 aliphatic heterocycles. The fourth-order valence-corrected chi connectivity index (χ4v) is 1.13. The normalized spacial score (nSPS) is 11.1. The number of rotatable bonds is 3. The first-order valence-electron chi connectivity index (χ1n) is 4.42. The van der Waals surface area contributed by atoms with Crippen molar-refractivity contribution >= 4 is 11.6 Å². The Kier molecular flexibility index (Phi) is 3.82. The molecule has 0 radical (unpaired) electrons. The molecule has 0 fully saturated rings. The summed E-state index contributed by atoms with van der Waals surface area (Å²) < 4.78 is 12.7. The highest BCUT2D eigenvalue weighted by molar-refractivity contribution is 6.45. The molecule has 0 unspecified atom stereocenters. The quantitative estimate of drug-likeness (QED) is 0.586. The van der Waals surface area contributed by atoms with Gasteiger partial charge in [0, 0.05) is 13.1 Å². The second-order valence-corrected chi connectivity index (χ2v) is 2.86. The molecule has 0 saturated heterocycles. The lowest BCUT2D eigenvalue weighted by Gasteiger charge is -2.06. The number of hydrogen-bond acceptors (Lipinski definition) is 4. The predicted octanol–water partition coefficient (Wildman–Crippen LogP) is 0.628. The van der Waals surface area contributed by atoms with E-state index in [0.717, 1.165) is 12.1 Å². The van der Waals surface area contributed by atoms with Gasteiger partial charge in [-0.05, 0) is 12.1 Å². The monoisotopic (exact) mass is 226 g/mol. The molecule has 0 bridgehead atoms. The number of phenols is 1. The summed E-state index contributed by atoms with van der Waals surface area (Å²) in [5, 5.41) is 15.3. The van der Waals surface area contributed by atoms with E-state index in [1.54, 1.807) is 0 Å². The van der Waals surface area contributed by atoms with E-state index in [2.05, 4.69) is 15.3 Å². The number of nitrogens with one attached hydrogen (secondary N) is 1. The van der Waals surface area contributed by atoms with E-state index in [1.165, 1.54) is 20.2 Å². The molecular formula is C10H11FN2O3. The minimum atomic E-state index is -0.602. The van der Waals surface area contributed by atoms with Gasteiger partial charge in [0.15, 0.2) is 5.71 Å². The van der Waals surface area contributed by atoms with Crippen LogP contribution >= 0.6 is 0 Å².